The molecular formula is C26H25F3N7O3+. The molecule has 39 heavy (non-hydrogen) atoms. The Bertz CT molecular complexity index is 1450. The van der Waals surface area contributed by atoms with Gasteiger partial charge in [0.1, 0.15) is 17.7 Å². The average molecular weight is 541 g/mol. The van der Waals surface area contributed by atoms with Gasteiger partial charge in [0.15, 0.2) is 0 Å². The minimum atomic E-state index is -4.56. The number of piperidine rings is 1. The molecule has 13 heteroatoms. The fourth-order valence-electron chi connectivity index (χ4n) is 4.94. The highest BCUT2D eigenvalue weighted by atomic mass is 19.4. The summed E-state index contributed by atoms with van der Waals surface area (Å²) in [6, 6.07) is 7.80. The van der Waals surface area contributed by atoms with Crippen molar-refractivity contribution in [1.82, 2.24) is 9.88 Å². The van der Waals surface area contributed by atoms with Crippen LogP contribution in [-0.4, -0.2) is 56.2 Å². The van der Waals surface area contributed by atoms with E-state index < -0.39 is 23.7 Å². The van der Waals surface area contributed by atoms with Crippen molar-refractivity contribution in [3.8, 4) is 0 Å². The molecule has 4 N–H and O–H groups in total. The van der Waals surface area contributed by atoms with Gasteiger partial charge in [0.2, 0.25) is 5.70 Å². The van der Waals surface area contributed by atoms with E-state index in [1.807, 2.05) is 6.92 Å². The second-order valence-electron chi connectivity index (χ2n) is 9.58. The van der Waals surface area contributed by atoms with Gasteiger partial charge in [0.05, 0.1) is 23.5 Å². The van der Waals surface area contributed by atoms with E-state index >= 15 is 0 Å². The molecule has 0 aliphatic carbocycles. The minimum absolute atomic E-state index is 0.101. The summed E-state index contributed by atoms with van der Waals surface area (Å²) in [6.07, 6.45) is 1.69. The van der Waals surface area contributed by atoms with E-state index in [2.05, 4.69) is 15.3 Å². The van der Waals surface area contributed by atoms with E-state index in [1.54, 1.807) is 30.7 Å². The molecule has 0 spiro atoms. The summed E-state index contributed by atoms with van der Waals surface area (Å²) < 4.78 is 38.7. The Kier molecular flexibility index (Phi) is 6.56. The quantitative estimate of drug-likeness (QED) is 0.392. The van der Waals surface area contributed by atoms with Crippen molar-refractivity contribution < 1.29 is 32.5 Å². The van der Waals surface area contributed by atoms with Gasteiger partial charge in [-0.15, -0.1) is 4.59 Å². The Labute approximate surface area is 221 Å². The number of carboxylic acid groups (broad SMARTS) is 1. The summed E-state index contributed by atoms with van der Waals surface area (Å²) in [6.45, 7) is 2.16. The number of nitrogens with one attached hydrogen (secondary N) is 1. The van der Waals surface area contributed by atoms with Gasteiger partial charge in [-0.25, -0.2) is 9.78 Å². The number of hydrogen-bond acceptors (Lipinski definition) is 6. The van der Waals surface area contributed by atoms with E-state index in [-0.39, 0.29) is 34.5 Å². The molecular weight excluding hydrogens is 515 g/mol. The minimum Gasteiger partial charge on any atom is -0.465 e. The number of quaternary nitrogens is 1. The predicted octanol–water partition coefficient (Wildman–Crippen LogP) is 4.35. The molecule has 4 heterocycles. The maximum Gasteiger partial charge on any atom is 0.416 e. The fraction of sp³-hybridized carbons (Fsp3) is 0.269. The zero-order valence-corrected chi connectivity index (χ0v) is 20.8. The van der Waals surface area contributed by atoms with Crippen molar-refractivity contribution in [2.24, 2.45) is 21.7 Å². The molecule has 202 valence electrons. The van der Waals surface area contributed by atoms with Crippen LogP contribution in [0.4, 0.5) is 23.8 Å². The van der Waals surface area contributed by atoms with Crippen molar-refractivity contribution in [2.45, 2.75) is 32.0 Å². The molecule has 5 rings (SSSR count). The van der Waals surface area contributed by atoms with Crippen LogP contribution in [0.25, 0.3) is 0 Å². The number of pyridine rings is 1. The number of amidine groups is 1. The van der Waals surface area contributed by atoms with Crippen LogP contribution in [0.1, 0.15) is 41.3 Å². The third-order valence-electron chi connectivity index (χ3n) is 7.07. The van der Waals surface area contributed by atoms with E-state index in [9.17, 15) is 27.9 Å². The first-order chi connectivity index (χ1) is 18.5. The number of aromatic nitrogens is 1. The Balaban J connectivity index is 1.39. The van der Waals surface area contributed by atoms with Crippen LogP contribution in [0.15, 0.2) is 76.4 Å². The van der Waals surface area contributed by atoms with Gasteiger partial charge in [-0.3, -0.25) is 9.79 Å². The maximum atomic E-state index is 13.0. The number of nitrogens with zero attached hydrogens (tertiary/aromatic N) is 5. The molecule has 10 nitrogen and oxygen atoms in total. The summed E-state index contributed by atoms with van der Waals surface area (Å²) in [7, 11) is 0. The van der Waals surface area contributed by atoms with Gasteiger partial charge >= 0.3 is 12.3 Å². The SMILES string of the molecule is CC1CCC(C2=C3C=NC=C[N+]3(N)C(c3ccc(C(=O)Nc4cc(C(F)(F)F)ccn4)cc3)=N2)CN1C(=O)O. The summed E-state index contributed by atoms with van der Waals surface area (Å²) in [5, 5.41) is 12.0. The molecule has 0 bridgehead atoms. The zero-order chi connectivity index (χ0) is 27.9. The van der Waals surface area contributed by atoms with Crippen molar-refractivity contribution in [3.63, 3.8) is 0 Å². The van der Waals surface area contributed by atoms with Crippen LogP contribution in [0, 0.1) is 5.92 Å². The van der Waals surface area contributed by atoms with Gasteiger partial charge in [-0.1, -0.05) is 0 Å². The Morgan fingerprint density at radius 1 is 1.18 bits per heavy atom. The first kappa shape index (κ1) is 26.3. The Morgan fingerprint density at radius 2 is 1.92 bits per heavy atom. The van der Waals surface area contributed by atoms with Crippen LogP contribution in [0.5, 0.6) is 0 Å². The fourth-order valence-corrected chi connectivity index (χ4v) is 4.94. The van der Waals surface area contributed by atoms with Crippen molar-refractivity contribution in [2.75, 3.05) is 11.9 Å². The number of aliphatic imine (C=N–C) groups is 2. The average Bonchev–Trinajstić information content (AvgIpc) is 3.21. The number of amides is 2. The lowest BCUT2D eigenvalue weighted by atomic mass is 9.90. The number of hydrogen-bond donors (Lipinski definition) is 3. The molecule has 3 unspecified atom stereocenters. The van der Waals surface area contributed by atoms with Gasteiger partial charge in [-0.2, -0.15) is 24.0 Å². The number of allylic oxidation sites excluding steroid dienone is 1. The lowest BCUT2D eigenvalue weighted by Gasteiger charge is -2.35. The third-order valence-corrected chi connectivity index (χ3v) is 7.07. The van der Waals surface area contributed by atoms with Gasteiger partial charge in [-0.05, 0) is 56.2 Å². The number of likely N-dealkylation sites (tertiary alicyclic amines) is 1. The van der Waals surface area contributed by atoms with Crippen molar-refractivity contribution >= 4 is 29.9 Å². The lowest BCUT2D eigenvalue weighted by Crippen LogP contribution is -2.53. The first-order valence-electron chi connectivity index (χ1n) is 12.1. The number of carbonyl (C=O) groups is 2. The molecule has 1 fully saturated rings. The number of benzene rings is 1. The molecule has 1 aromatic heterocycles. The van der Waals surface area contributed by atoms with Crippen LogP contribution in [0.2, 0.25) is 0 Å². The number of halogens is 3. The second kappa shape index (κ2) is 9.75. The topological polar surface area (TPSA) is 133 Å². The summed E-state index contributed by atoms with van der Waals surface area (Å²) >= 11 is 0. The predicted molar refractivity (Wildman–Crippen MR) is 136 cm³/mol. The molecule has 3 atom stereocenters. The number of nitrogens with two attached hydrogens (primary N) is 1. The number of alkyl halides is 3. The van der Waals surface area contributed by atoms with Crippen molar-refractivity contribution in [1.29, 1.82) is 0 Å². The van der Waals surface area contributed by atoms with Crippen LogP contribution >= 0.6 is 0 Å². The first-order valence-corrected chi connectivity index (χ1v) is 12.1. The number of carbonyl (C=O) groups excluding carboxylic acids is 1. The molecule has 0 saturated carbocycles. The molecule has 3 aliphatic rings. The highest BCUT2D eigenvalue weighted by molar-refractivity contribution is 6.05. The van der Waals surface area contributed by atoms with E-state index in [1.165, 1.54) is 17.0 Å². The molecule has 1 saturated heterocycles. The van der Waals surface area contributed by atoms with Gasteiger partial charge in [0.25, 0.3) is 11.7 Å². The molecule has 3 aliphatic heterocycles. The molecule has 2 amide bonds. The largest absolute Gasteiger partial charge is 0.465 e. The monoisotopic (exact) mass is 540 g/mol. The molecule has 2 aromatic rings. The number of rotatable bonds is 4. The second-order valence-corrected chi connectivity index (χ2v) is 9.58. The van der Waals surface area contributed by atoms with Crippen LogP contribution < -0.4 is 11.2 Å². The van der Waals surface area contributed by atoms with E-state index in [4.69, 9.17) is 10.8 Å². The summed E-state index contributed by atoms with van der Waals surface area (Å²) in [5.74, 6) is 6.21. The maximum absolute atomic E-state index is 13.0. The normalized spacial score (nSPS) is 24.4. The molecule has 1 aromatic carbocycles. The van der Waals surface area contributed by atoms with E-state index in [0.717, 1.165) is 24.8 Å². The van der Waals surface area contributed by atoms with Gasteiger partial charge < -0.3 is 15.3 Å². The number of fused-ring (bicyclic) bond motifs is 1. The highest BCUT2D eigenvalue weighted by Gasteiger charge is 2.47. The van der Waals surface area contributed by atoms with Gasteiger partial charge in [0, 0.05) is 30.3 Å². The Morgan fingerprint density at radius 3 is 2.62 bits per heavy atom. The molecule has 0 radical (unpaired) electrons. The summed E-state index contributed by atoms with van der Waals surface area (Å²) in [5.41, 5.74) is 1.18. The Hall–Kier alpha value is -4.36. The van der Waals surface area contributed by atoms with Crippen LogP contribution in [0.3, 0.4) is 0 Å². The zero-order valence-electron chi connectivity index (χ0n) is 20.8. The standard InChI is InChI=1S/C26H24F3N7O3/c1-15-2-3-18(14-35(15)25(38)39)22-20-13-31-10-11-36(20,30)23(34-22)16-4-6-17(7-5-16)24(37)33-21-12-19(8-9-32-21)26(27,28)29/h4-13,15,18H,2-3,14,30H2,1H3,(H-,32,33,37,38,39)/p+1. The van der Waals surface area contributed by atoms with Crippen LogP contribution in [-0.2, 0) is 6.18 Å². The van der Waals surface area contributed by atoms with E-state index in [0.29, 0.717) is 29.2 Å². The smallest absolute Gasteiger partial charge is 0.416 e. The summed E-state index contributed by atoms with van der Waals surface area (Å²) in [4.78, 5) is 38.7. The highest BCUT2D eigenvalue weighted by Crippen LogP contribution is 2.38. The van der Waals surface area contributed by atoms with Crippen molar-refractivity contribution in [3.05, 3.63) is 83.1 Å². The third kappa shape index (κ3) is 4.93. The lowest BCUT2D eigenvalue weighted by molar-refractivity contribution is -0.750. The number of anilines is 1.